The van der Waals surface area contributed by atoms with E-state index in [-0.39, 0.29) is 11.9 Å². The monoisotopic (exact) mass is 430 g/mol. The number of para-hydroxylation sites is 1. The van der Waals surface area contributed by atoms with Gasteiger partial charge in [-0.15, -0.1) is 0 Å². The number of rotatable bonds is 5. The van der Waals surface area contributed by atoms with Crippen molar-refractivity contribution in [3.05, 3.63) is 46.6 Å². The lowest BCUT2D eigenvalue weighted by atomic mass is 9.91. The maximum absolute atomic E-state index is 12.7. The summed E-state index contributed by atoms with van der Waals surface area (Å²) in [7, 11) is 4.01. The highest BCUT2D eigenvalue weighted by Gasteiger charge is 2.24. The van der Waals surface area contributed by atoms with Gasteiger partial charge < -0.3 is 20.5 Å². The summed E-state index contributed by atoms with van der Waals surface area (Å²) in [5, 5.41) is 10.0. The van der Waals surface area contributed by atoms with Crippen LogP contribution in [0.25, 0.3) is 23.1 Å². The highest BCUT2D eigenvalue weighted by Crippen LogP contribution is 2.26. The van der Waals surface area contributed by atoms with E-state index in [1.54, 1.807) is 0 Å². The number of benzene rings is 1. The van der Waals surface area contributed by atoms with Crippen LogP contribution in [0.4, 0.5) is 11.8 Å². The Balaban J connectivity index is 1.21. The Morgan fingerprint density at radius 2 is 1.78 bits per heavy atom. The molecule has 32 heavy (non-hydrogen) atoms. The lowest BCUT2D eigenvalue weighted by Crippen LogP contribution is -2.40. The van der Waals surface area contributed by atoms with Crippen LogP contribution < -0.4 is 26.1 Å². The number of fused-ring (bicyclic) bond motifs is 2. The number of anilines is 2. The third kappa shape index (κ3) is 4.20. The van der Waals surface area contributed by atoms with Gasteiger partial charge in [-0.2, -0.15) is 4.98 Å². The van der Waals surface area contributed by atoms with Crippen molar-refractivity contribution in [1.82, 2.24) is 20.3 Å². The van der Waals surface area contributed by atoms with Gasteiger partial charge in [-0.25, -0.2) is 4.98 Å². The lowest BCUT2D eigenvalue weighted by molar-refractivity contribution is 0.0922. The molecule has 2 aromatic heterocycles. The van der Waals surface area contributed by atoms with Gasteiger partial charge in [-0.1, -0.05) is 24.3 Å². The number of carbonyl (C=O) groups excluding carboxylic acids is 1. The predicted molar refractivity (Wildman–Crippen MR) is 129 cm³/mol. The molecule has 3 aromatic rings. The first-order chi connectivity index (χ1) is 15.6. The second-order valence-corrected chi connectivity index (χ2v) is 8.99. The van der Waals surface area contributed by atoms with Crippen molar-refractivity contribution in [3.8, 4) is 0 Å². The summed E-state index contributed by atoms with van der Waals surface area (Å²) in [5.74, 6) is 1.58. The smallest absolute Gasteiger partial charge is 0.267 e. The van der Waals surface area contributed by atoms with Crippen LogP contribution in [0, 0.1) is 0 Å². The minimum Gasteiger partial charge on any atom is -0.362 e. The van der Waals surface area contributed by atoms with Crippen LogP contribution in [-0.4, -0.2) is 47.0 Å². The molecule has 166 valence electrons. The molecule has 7 heteroatoms. The predicted octanol–water partition coefficient (Wildman–Crippen LogP) is 2.53. The van der Waals surface area contributed by atoms with Gasteiger partial charge in [0, 0.05) is 36.9 Å². The molecule has 2 aliphatic carbocycles. The van der Waals surface area contributed by atoms with Crippen molar-refractivity contribution in [2.45, 2.75) is 50.6 Å². The fourth-order valence-electron chi connectivity index (χ4n) is 4.71. The molecule has 0 bridgehead atoms. The number of nitrogens with zero attached hydrogens (tertiary/aromatic N) is 3. The lowest BCUT2D eigenvalue weighted by Gasteiger charge is -2.29. The average molecular weight is 431 g/mol. The molecule has 5 rings (SSSR count). The number of amides is 1. The Bertz CT molecular complexity index is 1220. The van der Waals surface area contributed by atoms with Crippen molar-refractivity contribution in [3.63, 3.8) is 0 Å². The van der Waals surface area contributed by atoms with E-state index < -0.39 is 0 Å². The Hall–Kier alpha value is -3.35. The Morgan fingerprint density at radius 1 is 1.03 bits per heavy atom. The third-order valence-electron chi connectivity index (χ3n) is 6.41. The molecule has 1 amide bonds. The summed E-state index contributed by atoms with van der Waals surface area (Å²) in [5.41, 5.74) is 1.60. The second-order valence-electron chi connectivity index (χ2n) is 8.99. The van der Waals surface area contributed by atoms with Gasteiger partial charge in [0.15, 0.2) is 0 Å². The molecular formula is C25H30N6O. The van der Waals surface area contributed by atoms with E-state index in [0.29, 0.717) is 17.7 Å². The zero-order chi connectivity index (χ0) is 22.1. The van der Waals surface area contributed by atoms with Crippen LogP contribution in [0.2, 0.25) is 0 Å². The fourth-order valence-corrected chi connectivity index (χ4v) is 4.71. The van der Waals surface area contributed by atoms with Gasteiger partial charge >= 0.3 is 0 Å². The van der Waals surface area contributed by atoms with Crippen LogP contribution >= 0.6 is 0 Å². The van der Waals surface area contributed by atoms with E-state index >= 15 is 0 Å². The minimum atomic E-state index is -0.00824. The first-order valence-electron chi connectivity index (χ1n) is 11.5. The molecule has 0 radical (unpaired) electrons. The molecule has 1 aromatic carbocycles. The van der Waals surface area contributed by atoms with Crippen LogP contribution in [-0.2, 0) is 0 Å². The van der Waals surface area contributed by atoms with E-state index in [1.807, 2.05) is 43.3 Å². The normalized spacial score (nSPS) is 20.1. The highest BCUT2D eigenvalue weighted by atomic mass is 16.1. The summed E-state index contributed by atoms with van der Waals surface area (Å²) in [4.78, 5) is 27.5. The standard InChI is InChI=1S/C25H30N6O/c1-31(2)23-19-8-4-6-10-21(19)29-25(30-23)27-18-13-11-17(12-14-18)26-24(32)22-15-16-7-3-5-9-20(16)28-22/h4,6-10,15,17-18,28H,3,5,11-14H2,1-2H3,(H,26,32)(H,27,29,30). The first kappa shape index (κ1) is 20.5. The van der Waals surface area contributed by atoms with E-state index in [2.05, 4.69) is 33.8 Å². The Kier molecular flexibility index (Phi) is 5.55. The molecule has 2 heterocycles. The van der Waals surface area contributed by atoms with Gasteiger partial charge in [-0.05, 0) is 61.9 Å². The molecular weight excluding hydrogens is 400 g/mol. The largest absolute Gasteiger partial charge is 0.362 e. The van der Waals surface area contributed by atoms with E-state index in [4.69, 9.17) is 9.97 Å². The number of nitrogens with one attached hydrogen (secondary N) is 3. The number of carbonyl (C=O) groups is 1. The first-order valence-corrected chi connectivity index (χ1v) is 11.5. The Morgan fingerprint density at radius 3 is 2.56 bits per heavy atom. The summed E-state index contributed by atoms with van der Waals surface area (Å²) in [6.07, 6.45) is 10.3. The molecule has 0 saturated heterocycles. The van der Waals surface area contributed by atoms with Crippen LogP contribution in [0.1, 0.15) is 49.0 Å². The van der Waals surface area contributed by atoms with Crippen molar-refractivity contribution in [1.29, 1.82) is 0 Å². The van der Waals surface area contributed by atoms with Crippen molar-refractivity contribution < 1.29 is 4.79 Å². The third-order valence-corrected chi connectivity index (χ3v) is 6.41. The molecule has 1 saturated carbocycles. The minimum absolute atomic E-state index is 0.00824. The van der Waals surface area contributed by atoms with E-state index in [0.717, 1.165) is 65.8 Å². The quantitative estimate of drug-likeness (QED) is 0.579. The molecule has 0 spiro atoms. The second kappa shape index (κ2) is 8.65. The molecule has 2 aliphatic rings. The van der Waals surface area contributed by atoms with Gasteiger partial charge in [0.2, 0.25) is 5.95 Å². The van der Waals surface area contributed by atoms with Gasteiger partial charge in [0.05, 0.1) is 5.52 Å². The van der Waals surface area contributed by atoms with Crippen LogP contribution in [0.3, 0.4) is 0 Å². The molecule has 7 nitrogen and oxygen atoms in total. The van der Waals surface area contributed by atoms with Gasteiger partial charge in [0.25, 0.3) is 5.91 Å². The SMILES string of the molecule is CN(C)c1nc(NC2CCC(NC(=O)c3cc4c([nH]3)=CCCC=4)CC2)nc2ccccc12. The summed E-state index contributed by atoms with van der Waals surface area (Å²) < 4.78 is 0. The van der Waals surface area contributed by atoms with Crippen molar-refractivity contribution in [2.24, 2.45) is 0 Å². The number of aromatic nitrogens is 3. The summed E-state index contributed by atoms with van der Waals surface area (Å²) in [6, 6.07) is 10.6. The Labute approximate surface area is 187 Å². The zero-order valence-corrected chi connectivity index (χ0v) is 18.7. The number of hydrogen-bond acceptors (Lipinski definition) is 5. The molecule has 1 fully saturated rings. The maximum atomic E-state index is 12.7. The number of hydrogen-bond donors (Lipinski definition) is 3. The average Bonchev–Trinajstić information content (AvgIpc) is 3.24. The maximum Gasteiger partial charge on any atom is 0.267 e. The van der Waals surface area contributed by atoms with E-state index in [1.165, 1.54) is 0 Å². The molecule has 0 aliphatic heterocycles. The summed E-state index contributed by atoms with van der Waals surface area (Å²) in [6.45, 7) is 0. The number of H-pyrrole nitrogens is 1. The molecule has 0 unspecified atom stereocenters. The summed E-state index contributed by atoms with van der Waals surface area (Å²) >= 11 is 0. The fraction of sp³-hybridized carbons (Fsp3) is 0.400. The van der Waals surface area contributed by atoms with Crippen molar-refractivity contribution >= 4 is 40.7 Å². The van der Waals surface area contributed by atoms with Crippen LogP contribution in [0.5, 0.6) is 0 Å². The molecule has 3 N–H and O–H groups in total. The van der Waals surface area contributed by atoms with Gasteiger partial charge in [-0.3, -0.25) is 4.79 Å². The van der Waals surface area contributed by atoms with E-state index in [9.17, 15) is 4.79 Å². The van der Waals surface area contributed by atoms with Gasteiger partial charge in [0.1, 0.15) is 11.5 Å². The highest BCUT2D eigenvalue weighted by molar-refractivity contribution is 5.92. The van der Waals surface area contributed by atoms with Crippen molar-refractivity contribution in [2.75, 3.05) is 24.3 Å². The molecule has 0 atom stereocenters. The zero-order valence-electron chi connectivity index (χ0n) is 18.7. The number of aromatic amines is 1. The van der Waals surface area contributed by atoms with Crippen LogP contribution in [0.15, 0.2) is 30.3 Å². The topological polar surface area (TPSA) is 85.9 Å².